The number of benzene rings is 1. The Hall–Kier alpha value is -2.43. The van der Waals surface area contributed by atoms with Crippen molar-refractivity contribution >= 4 is 5.91 Å². The highest BCUT2D eigenvalue weighted by atomic mass is 19.1. The summed E-state index contributed by atoms with van der Waals surface area (Å²) in [6, 6.07) is 8.46. The fourth-order valence-corrected chi connectivity index (χ4v) is 1.59. The van der Waals surface area contributed by atoms with Gasteiger partial charge < -0.3 is 10.3 Å². The molecule has 18 heavy (non-hydrogen) atoms. The second-order valence-corrected chi connectivity index (χ2v) is 3.87. The molecule has 92 valence electrons. The summed E-state index contributed by atoms with van der Waals surface area (Å²) in [6.45, 7) is 0.264. The number of pyridine rings is 1. The third-order valence-electron chi connectivity index (χ3n) is 2.53. The lowest BCUT2D eigenvalue weighted by molar-refractivity contribution is 0.0999. The largest absolute Gasteiger partial charge is 0.366 e. The van der Waals surface area contributed by atoms with Gasteiger partial charge in [0.1, 0.15) is 5.82 Å². The summed E-state index contributed by atoms with van der Waals surface area (Å²) in [6.07, 6.45) is 1.40. The van der Waals surface area contributed by atoms with Gasteiger partial charge in [0.05, 0.1) is 12.1 Å². The van der Waals surface area contributed by atoms with E-state index in [1.165, 1.54) is 35.0 Å². The molecule has 4 nitrogen and oxygen atoms in total. The molecule has 0 spiro atoms. The second kappa shape index (κ2) is 4.83. The number of primary amides is 1. The molecule has 0 unspecified atom stereocenters. The fraction of sp³-hybridized carbons (Fsp3) is 0.0769. The van der Waals surface area contributed by atoms with E-state index in [-0.39, 0.29) is 23.5 Å². The van der Waals surface area contributed by atoms with Crippen LogP contribution >= 0.6 is 0 Å². The number of carbonyl (C=O) groups is 1. The van der Waals surface area contributed by atoms with Gasteiger partial charge in [-0.05, 0) is 23.8 Å². The second-order valence-electron chi connectivity index (χ2n) is 3.87. The summed E-state index contributed by atoms with van der Waals surface area (Å²) in [5.41, 5.74) is 5.92. The molecule has 2 N–H and O–H groups in total. The Morgan fingerprint density at radius 2 is 1.83 bits per heavy atom. The van der Waals surface area contributed by atoms with Crippen LogP contribution in [0.5, 0.6) is 0 Å². The summed E-state index contributed by atoms with van der Waals surface area (Å²) >= 11 is 0. The predicted octanol–water partition coefficient (Wildman–Crippen LogP) is 1.13. The molecular weight excluding hydrogens is 235 g/mol. The maximum Gasteiger partial charge on any atom is 0.250 e. The molecule has 2 aromatic rings. The molecule has 2 rings (SSSR count). The van der Waals surface area contributed by atoms with Gasteiger partial charge in [-0.1, -0.05) is 12.1 Å². The van der Waals surface area contributed by atoms with Crippen molar-refractivity contribution in [2.24, 2.45) is 5.73 Å². The van der Waals surface area contributed by atoms with Crippen molar-refractivity contribution in [3.63, 3.8) is 0 Å². The van der Waals surface area contributed by atoms with E-state index in [0.29, 0.717) is 0 Å². The van der Waals surface area contributed by atoms with Gasteiger partial charge in [-0.2, -0.15) is 0 Å². The molecule has 1 aromatic carbocycles. The van der Waals surface area contributed by atoms with Crippen molar-refractivity contribution in [2.45, 2.75) is 6.54 Å². The molecule has 0 saturated carbocycles. The van der Waals surface area contributed by atoms with Crippen LogP contribution in [0.4, 0.5) is 4.39 Å². The first-order valence-electron chi connectivity index (χ1n) is 5.31. The Balaban J connectivity index is 2.33. The van der Waals surface area contributed by atoms with E-state index in [1.54, 1.807) is 12.1 Å². The maximum atomic E-state index is 12.7. The van der Waals surface area contributed by atoms with Crippen molar-refractivity contribution < 1.29 is 9.18 Å². The van der Waals surface area contributed by atoms with Gasteiger partial charge in [0.25, 0.3) is 5.56 Å². The third kappa shape index (κ3) is 2.63. The van der Waals surface area contributed by atoms with Crippen LogP contribution in [0.2, 0.25) is 0 Å². The van der Waals surface area contributed by atoms with E-state index in [1.807, 2.05) is 0 Å². The number of hydrogen-bond donors (Lipinski definition) is 1. The zero-order valence-corrected chi connectivity index (χ0v) is 9.47. The average molecular weight is 246 g/mol. The molecule has 0 fully saturated rings. The van der Waals surface area contributed by atoms with E-state index in [0.717, 1.165) is 5.56 Å². The van der Waals surface area contributed by atoms with Gasteiger partial charge >= 0.3 is 0 Å². The highest BCUT2D eigenvalue weighted by molar-refractivity contribution is 5.92. The van der Waals surface area contributed by atoms with Crippen LogP contribution in [-0.2, 0) is 6.54 Å². The molecule has 0 atom stereocenters. The average Bonchev–Trinajstić information content (AvgIpc) is 2.34. The minimum atomic E-state index is -0.595. The summed E-state index contributed by atoms with van der Waals surface area (Å²) < 4.78 is 14.1. The van der Waals surface area contributed by atoms with E-state index in [4.69, 9.17) is 5.73 Å². The molecule has 5 heteroatoms. The summed E-state index contributed by atoms with van der Waals surface area (Å²) in [4.78, 5) is 22.6. The van der Waals surface area contributed by atoms with E-state index >= 15 is 0 Å². The van der Waals surface area contributed by atoms with E-state index in [2.05, 4.69) is 0 Å². The zero-order chi connectivity index (χ0) is 13.1. The molecule has 1 amide bonds. The van der Waals surface area contributed by atoms with Gasteiger partial charge in [0.2, 0.25) is 5.91 Å². The molecular formula is C13H11FN2O2. The first kappa shape index (κ1) is 12.0. The number of halogens is 1. The zero-order valence-electron chi connectivity index (χ0n) is 9.47. The quantitative estimate of drug-likeness (QED) is 0.882. The molecule has 0 aliphatic heterocycles. The maximum absolute atomic E-state index is 12.7. The normalized spacial score (nSPS) is 10.3. The standard InChI is InChI=1S/C13H11FN2O2/c14-11-4-1-9(2-5-11)7-16-8-10(13(15)18)3-6-12(16)17/h1-6,8H,7H2,(H2,15,18). The van der Waals surface area contributed by atoms with Crippen molar-refractivity contribution in [1.29, 1.82) is 0 Å². The molecule has 0 saturated heterocycles. The van der Waals surface area contributed by atoms with Crippen molar-refractivity contribution in [1.82, 2.24) is 4.57 Å². The Labute approximate surface area is 102 Å². The fourth-order valence-electron chi connectivity index (χ4n) is 1.59. The lowest BCUT2D eigenvalue weighted by Crippen LogP contribution is -2.22. The number of nitrogens with zero attached hydrogens (tertiary/aromatic N) is 1. The molecule has 0 radical (unpaired) electrons. The first-order chi connectivity index (χ1) is 8.56. The van der Waals surface area contributed by atoms with Crippen LogP contribution < -0.4 is 11.3 Å². The number of rotatable bonds is 3. The van der Waals surface area contributed by atoms with Crippen LogP contribution in [0.15, 0.2) is 47.4 Å². The first-order valence-corrected chi connectivity index (χ1v) is 5.31. The SMILES string of the molecule is NC(=O)c1ccc(=O)n(Cc2ccc(F)cc2)c1. The topological polar surface area (TPSA) is 65.1 Å². The number of carbonyl (C=O) groups excluding carboxylic acids is 1. The van der Waals surface area contributed by atoms with E-state index in [9.17, 15) is 14.0 Å². The van der Waals surface area contributed by atoms with E-state index < -0.39 is 5.91 Å². The lowest BCUT2D eigenvalue weighted by atomic mass is 10.2. The summed E-state index contributed by atoms with van der Waals surface area (Å²) in [5, 5.41) is 0. The van der Waals surface area contributed by atoms with Gasteiger partial charge in [-0.15, -0.1) is 0 Å². The molecule has 0 aliphatic carbocycles. The lowest BCUT2D eigenvalue weighted by Gasteiger charge is -2.06. The van der Waals surface area contributed by atoms with Gasteiger partial charge in [0, 0.05) is 12.3 Å². The minimum Gasteiger partial charge on any atom is -0.366 e. The smallest absolute Gasteiger partial charge is 0.250 e. The van der Waals surface area contributed by atoms with Crippen LogP contribution in [0.3, 0.4) is 0 Å². The molecule has 0 bridgehead atoms. The Morgan fingerprint density at radius 3 is 2.44 bits per heavy atom. The van der Waals surface area contributed by atoms with Crippen molar-refractivity contribution in [2.75, 3.05) is 0 Å². The van der Waals surface area contributed by atoms with Gasteiger partial charge in [0.15, 0.2) is 0 Å². The predicted molar refractivity (Wildman–Crippen MR) is 64.7 cm³/mol. The van der Waals surface area contributed by atoms with Crippen LogP contribution in [0.1, 0.15) is 15.9 Å². The van der Waals surface area contributed by atoms with Gasteiger partial charge in [-0.25, -0.2) is 4.39 Å². The number of aromatic nitrogens is 1. The monoisotopic (exact) mass is 246 g/mol. The van der Waals surface area contributed by atoms with Crippen LogP contribution in [0.25, 0.3) is 0 Å². The Bertz CT molecular complexity index is 632. The highest BCUT2D eigenvalue weighted by Crippen LogP contribution is 2.04. The number of amides is 1. The Morgan fingerprint density at radius 1 is 1.17 bits per heavy atom. The number of nitrogens with two attached hydrogens (primary N) is 1. The summed E-state index contributed by atoms with van der Waals surface area (Å²) in [5.74, 6) is -0.931. The Kier molecular flexibility index (Phi) is 3.23. The minimum absolute atomic E-state index is 0.246. The molecule has 1 heterocycles. The van der Waals surface area contributed by atoms with Crippen LogP contribution in [-0.4, -0.2) is 10.5 Å². The highest BCUT2D eigenvalue weighted by Gasteiger charge is 2.04. The molecule has 1 aromatic heterocycles. The van der Waals surface area contributed by atoms with Crippen molar-refractivity contribution in [3.05, 3.63) is 69.9 Å². The molecule has 0 aliphatic rings. The summed E-state index contributed by atoms with van der Waals surface area (Å²) in [7, 11) is 0. The number of hydrogen-bond acceptors (Lipinski definition) is 2. The van der Waals surface area contributed by atoms with Crippen LogP contribution in [0, 0.1) is 5.82 Å². The van der Waals surface area contributed by atoms with Gasteiger partial charge in [-0.3, -0.25) is 9.59 Å². The van der Waals surface area contributed by atoms with Crippen molar-refractivity contribution in [3.8, 4) is 0 Å². The third-order valence-corrected chi connectivity index (χ3v) is 2.53.